The van der Waals surface area contributed by atoms with Gasteiger partial charge in [-0.1, -0.05) is 11.6 Å². The standard InChI is InChI=1S/C15H20ClN3O2/c1-15(2,3)19-8-18-12(14(19)17)9-6-7-10(20-4)13(21-5)11(9)16/h6-8H,17H2,1-5H3. The molecule has 0 radical (unpaired) electrons. The van der Waals surface area contributed by atoms with Gasteiger partial charge in [-0.15, -0.1) is 0 Å². The minimum Gasteiger partial charge on any atom is -0.493 e. The fourth-order valence-corrected chi connectivity index (χ4v) is 2.49. The number of aromatic nitrogens is 2. The van der Waals surface area contributed by atoms with Crippen molar-refractivity contribution in [3.05, 3.63) is 23.5 Å². The zero-order chi connectivity index (χ0) is 15.8. The molecule has 0 unspecified atom stereocenters. The molecule has 0 atom stereocenters. The molecule has 114 valence electrons. The topological polar surface area (TPSA) is 62.3 Å². The first-order valence-electron chi connectivity index (χ1n) is 6.55. The Kier molecular flexibility index (Phi) is 4.05. The van der Waals surface area contributed by atoms with Crippen molar-refractivity contribution >= 4 is 17.4 Å². The highest BCUT2D eigenvalue weighted by molar-refractivity contribution is 6.35. The van der Waals surface area contributed by atoms with Gasteiger partial charge >= 0.3 is 0 Å². The van der Waals surface area contributed by atoms with Gasteiger partial charge < -0.3 is 19.8 Å². The van der Waals surface area contributed by atoms with Crippen molar-refractivity contribution in [3.63, 3.8) is 0 Å². The summed E-state index contributed by atoms with van der Waals surface area (Å²) in [6, 6.07) is 3.62. The van der Waals surface area contributed by atoms with Gasteiger partial charge in [0.2, 0.25) is 0 Å². The van der Waals surface area contributed by atoms with E-state index < -0.39 is 0 Å². The highest BCUT2D eigenvalue weighted by atomic mass is 35.5. The molecule has 6 heteroatoms. The number of benzene rings is 1. The predicted molar refractivity (Wildman–Crippen MR) is 85.2 cm³/mol. The Morgan fingerprint density at radius 2 is 1.86 bits per heavy atom. The van der Waals surface area contributed by atoms with Gasteiger partial charge in [0.25, 0.3) is 0 Å². The normalized spacial score (nSPS) is 11.5. The molecule has 2 N–H and O–H groups in total. The molecule has 0 aliphatic heterocycles. The lowest BCUT2D eigenvalue weighted by atomic mass is 10.1. The summed E-state index contributed by atoms with van der Waals surface area (Å²) in [6.45, 7) is 6.18. The van der Waals surface area contributed by atoms with Crippen LogP contribution in [0.25, 0.3) is 11.3 Å². The maximum atomic E-state index is 6.41. The number of nitrogen functional groups attached to an aromatic ring is 1. The number of imidazole rings is 1. The van der Waals surface area contributed by atoms with Gasteiger partial charge in [0.1, 0.15) is 11.5 Å². The molecule has 2 aromatic rings. The summed E-state index contributed by atoms with van der Waals surface area (Å²) in [7, 11) is 3.11. The van der Waals surface area contributed by atoms with Crippen molar-refractivity contribution in [2.75, 3.05) is 20.0 Å². The molecular formula is C15H20ClN3O2. The van der Waals surface area contributed by atoms with Crippen LogP contribution in [0.2, 0.25) is 5.02 Å². The molecule has 0 fully saturated rings. The van der Waals surface area contributed by atoms with Crippen molar-refractivity contribution in [2.24, 2.45) is 0 Å². The Labute approximate surface area is 129 Å². The molecule has 0 aliphatic carbocycles. The summed E-state index contributed by atoms with van der Waals surface area (Å²) in [5.41, 5.74) is 7.42. The fourth-order valence-electron chi connectivity index (χ4n) is 2.17. The third-order valence-corrected chi connectivity index (χ3v) is 3.64. The number of nitrogens with zero attached hydrogens (tertiary/aromatic N) is 2. The molecule has 0 bridgehead atoms. The summed E-state index contributed by atoms with van der Waals surface area (Å²) >= 11 is 6.41. The fraction of sp³-hybridized carbons (Fsp3) is 0.400. The molecular weight excluding hydrogens is 290 g/mol. The van der Waals surface area contributed by atoms with E-state index in [0.29, 0.717) is 28.0 Å². The minimum absolute atomic E-state index is 0.154. The van der Waals surface area contributed by atoms with Crippen LogP contribution in [0.4, 0.5) is 5.82 Å². The second-order valence-corrected chi connectivity index (χ2v) is 6.06. The van der Waals surface area contributed by atoms with Gasteiger partial charge in [-0.25, -0.2) is 4.98 Å². The summed E-state index contributed by atoms with van der Waals surface area (Å²) in [4.78, 5) is 4.40. The van der Waals surface area contributed by atoms with Crippen LogP contribution < -0.4 is 15.2 Å². The highest BCUT2D eigenvalue weighted by Gasteiger charge is 2.22. The van der Waals surface area contributed by atoms with Crippen LogP contribution in [-0.2, 0) is 5.54 Å². The van der Waals surface area contributed by atoms with E-state index in [1.165, 1.54) is 0 Å². The van der Waals surface area contributed by atoms with Crippen LogP contribution in [0.3, 0.4) is 0 Å². The SMILES string of the molecule is COc1ccc(-c2ncn(C(C)(C)C)c2N)c(Cl)c1OC. The summed E-state index contributed by atoms with van der Waals surface area (Å²) in [6.07, 6.45) is 1.72. The molecule has 2 rings (SSSR count). The van der Waals surface area contributed by atoms with E-state index in [4.69, 9.17) is 26.8 Å². The summed E-state index contributed by atoms with van der Waals surface area (Å²) < 4.78 is 12.5. The van der Waals surface area contributed by atoms with Gasteiger partial charge in [0, 0.05) is 11.1 Å². The zero-order valence-corrected chi connectivity index (χ0v) is 13.7. The number of anilines is 1. The first-order valence-corrected chi connectivity index (χ1v) is 6.93. The van der Waals surface area contributed by atoms with Gasteiger partial charge in [0.15, 0.2) is 11.5 Å². The number of rotatable bonds is 3. The third-order valence-electron chi connectivity index (χ3n) is 3.27. The van der Waals surface area contributed by atoms with Gasteiger partial charge in [-0.2, -0.15) is 0 Å². The largest absolute Gasteiger partial charge is 0.493 e. The molecule has 0 amide bonds. The molecule has 0 aliphatic rings. The minimum atomic E-state index is -0.154. The van der Waals surface area contributed by atoms with Gasteiger partial charge in [-0.05, 0) is 32.9 Å². The number of methoxy groups -OCH3 is 2. The van der Waals surface area contributed by atoms with Crippen molar-refractivity contribution in [1.82, 2.24) is 9.55 Å². The Morgan fingerprint density at radius 3 is 2.33 bits per heavy atom. The van der Waals surface area contributed by atoms with Gasteiger partial charge in [0.05, 0.1) is 25.6 Å². The van der Waals surface area contributed by atoms with Crippen LogP contribution >= 0.6 is 11.6 Å². The van der Waals surface area contributed by atoms with E-state index in [0.717, 1.165) is 5.56 Å². The monoisotopic (exact) mass is 309 g/mol. The maximum Gasteiger partial charge on any atom is 0.180 e. The van der Waals surface area contributed by atoms with E-state index >= 15 is 0 Å². The summed E-state index contributed by atoms with van der Waals surface area (Å²) in [5.74, 6) is 1.61. The lowest BCUT2D eigenvalue weighted by molar-refractivity contribution is 0.355. The smallest absolute Gasteiger partial charge is 0.180 e. The van der Waals surface area contributed by atoms with E-state index in [9.17, 15) is 0 Å². The first-order chi connectivity index (χ1) is 9.81. The lowest BCUT2D eigenvalue weighted by Crippen LogP contribution is -2.22. The third kappa shape index (κ3) is 2.65. The Balaban J connectivity index is 2.61. The molecule has 1 heterocycles. The van der Waals surface area contributed by atoms with Crippen LogP contribution in [0, 0.1) is 0 Å². The van der Waals surface area contributed by atoms with Gasteiger partial charge in [-0.3, -0.25) is 0 Å². The molecule has 0 saturated carbocycles. The number of hydrogen-bond donors (Lipinski definition) is 1. The molecule has 5 nitrogen and oxygen atoms in total. The quantitative estimate of drug-likeness (QED) is 0.941. The van der Waals surface area contributed by atoms with E-state index in [-0.39, 0.29) is 5.54 Å². The maximum absolute atomic E-state index is 6.41. The van der Waals surface area contributed by atoms with E-state index in [2.05, 4.69) is 25.8 Å². The second kappa shape index (κ2) is 5.48. The zero-order valence-electron chi connectivity index (χ0n) is 12.9. The molecule has 21 heavy (non-hydrogen) atoms. The molecule has 0 saturated heterocycles. The highest BCUT2D eigenvalue weighted by Crippen LogP contribution is 2.43. The van der Waals surface area contributed by atoms with Crippen LogP contribution in [0.15, 0.2) is 18.5 Å². The lowest BCUT2D eigenvalue weighted by Gasteiger charge is -2.22. The average molecular weight is 310 g/mol. The molecule has 1 aromatic heterocycles. The predicted octanol–water partition coefficient (Wildman–Crippen LogP) is 3.56. The Morgan fingerprint density at radius 1 is 1.19 bits per heavy atom. The van der Waals surface area contributed by atoms with Crippen molar-refractivity contribution in [2.45, 2.75) is 26.3 Å². The second-order valence-electron chi connectivity index (χ2n) is 5.68. The summed E-state index contributed by atoms with van der Waals surface area (Å²) in [5, 5.41) is 0.433. The van der Waals surface area contributed by atoms with Crippen LogP contribution in [0.5, 0.6) is 11.5 Å². The number of ether oxygens (including phenoxy) is 2. The van der Waals surface area contributed by atoms with Crippen LogP contribution in [0.1, 0.15) is 20.8 Å². The van der Waals surface area contributed by atoms with E-state index in [1.54, 1.807) is 26.6 Å². The number of halogens is 1. The number of hydrogen-bond acceptors (Lipinski definition) is 4. The average Bonchev–Trinajstić information content (AvgIpc) is 2.80. The van der Waals surface area contributed by atoms with Crippen molar-refractivity contribution in [3.8, 4) is 22.8 Å². The Hall–Kier alpha value is -1.88. The number of nitrogens with two attached hydrogens (primary N) is 1. The Bertz CT molecular complexity index is 660. The molecule has 0 spiro atoms. The first kappa shape index (κ1) is 15.5. The van der Waals surface area contributed by atoms with Crippen molar-refractivity contribution in [1.29, 1.82) is 0 Å². The molecule has 1 aromatic carbocycles. The van der Waals surface area contributed by atoms with Crippen molar-refractivity contribution < 1.29 is 9.47 Å². The van der Waals surface area contributed by atoms with E-state index in [1.807, 2.05) is 10.6 Å². The van der Waals surface area contributed by atoms with Crippen LogP contribution in [-0.4, -0.2) is 23.8 Å².